The van der Waals surface area contributed by atoms with Gasteiger partial charge in [0.2, 0.25) is 15.9 Å². The van der Waals surface area contributed by atoms with Gasteiger partial charge in [0, 0.05) is 25.0 Å². The van der Waals surface area contributed by atoms with Crippen LogP contribution in [0.2, 0.25) is 0 Å². The van der Waals surface area contributed by atoms with Crippen molar-refractivity contribution in [3.05, 3.63) is 29.8 Å². The molecule has 154 valence electrons. The Labute approximate surface area is 168 Å². The van der Waals surface area contributed by atoms with Crippen molar-refractivity contribution in [2.45, 2.75) is 81.7 Å². The number of nitrogens with zero attached hydrogens (tertiary/aromatic N) is 1. The first-order valence-corrected chi connectivity index (χ1v) is 12.3. The second-order valence-corrected chi connectivity index (χ2v) is 10.9. The number of hydrogen-bond donors (Lipinski definition) is 1. The quantitative estimate of drug-likeness (QED) is 0.815. The molecule has 0 aromatic heterocycles. The maximum atomic E-state index is 13.1. The third-order valence-corrected chi connectivity index (χ3v) is 8.91. The second kappa shape index (κ2) is 8.15. The van der Waals surface area contributed by atoms with Crippen LogP contribution in [0.5, 0.6) is 0 Å². The van der Waals surface area contributed by atoms with Gasteiger partial charge < -0.3 is 5.32 Å². The Kier molecular flexibility index (Phi) is 5.79. The summed E-state index contributed by atoms with van der Waals surface area (Å²) in [6.07, 6.45) is 9.26. The molecule has 1 saturated heterocycles. The number of hydrogen-bond acceptors (Lipinski definition) is 3. The summed E-state index contributed by atoms with van der Waals surface area (Å²) in [5, 5.41) is 3.26. The van der Waals surface area contributed by atoms with Crippen LogP contribution in [-0.2, 0) is 14.8 Å². The lowest BCUT2D eigenvalue weighted by Gasteiger charge is -2.40. The van der Waals surface area contributed by atoms with E-state index >= 15 is 0 Å². The summed E-state index contributed by atoms with van der Waals surface area (Å²) in [6.45, 7) is 2.40. The predicted molar refractivity (Wildman–Crippen MR) is 109 cm³/mol. The number of carbonyl (C=O) groups excluding carboxylic acids is 1. The fourth-order valence-electron chi connectivity index (χ4n) is 5.52. The summed E-state index contributed by atoms with van der Waals surface area (Å²) < 4.78 is 27.8. The highest BCUT2D eigenvalue weighted by Gasteiger charge is 2.38. The number of amides is 1. The number of benzene rings is 1. The van der Waals surface area contributed by atoms with Gasteiger partial charge in [-0.1, -0.05) is 25.0 Å². The van der Waals surface area contributed by atoms with Crippen LogP contribution in [0.15, 0.2) is 29.2 Å². The van der Waals surface area contributed by atoms with E-state index in [1.807, 2.05) is 13.0 Å². The van der Waals surface area contributed by atoms with E-state index in [0.29, 0.717) is 17.4 Å². The van der Waals surface area contributed by atoms with E-state index in [4.69, 9.17) is 0 Å². The number of carbonyl (C=O) groups is 1. The molecule has 4 rings (SSSR count). The number of rotatable bonds is 5. The van der Waals surface area contributed by atoms with Crippen molar-refractivity contribution in [3.8, 4) is 0 Å². The van der Waals surface area contributed by atoms with Gasteiger partial charge in [0.15, 0.2) is 0 Å². The molecule has 4 atom stereocenters. The largest absolute Gasteiger partial charge is 0.353 e. The maximum absolute atomic E-state index is 13.1. The molecule has 1 aromatic carbocycles. The smallest absolute Gasteiger partial charge is 0.243 e. The molecule has 1 N–H and O–H groups in total. The van der Waals surface area contributed by atoms with Crippen molar-refractivity contribution >= 4 is 15.9 Å². The first kappa shape index (κ1) is 19.9. The number of fused-ring (bicyclic) bond motifs is 2. The molecule has 1 aromatic rings. The summed E-state index contributed by atoms with van der Waals surface area (Å²) in [5.74, 6) is 1.49. The van der Waals surface area contributed by atoms with Gasteiger partial charge in [0.1, 0.15) is 0 Å². The predicted octanol–water partition coefficient (Wildman–Crippen LogP) is 3.62. The summed E-state index contributed by atoms with van der Waals surface area (Å²) in [4.78, 5) is 13.1. The van der Waals surface area contributed by atoms with Gasteiger partial charge in [0.05, 0.1) is 4.90 Å². The van der Waals surface area contributed by atoms with Gasteiger partial charge in [-0.3, -0.25) is 4.79 Å². The van der Waals surface area contributed by atoms with E-state index < -0.39 is 10.0 Å². The monoisotopic (exact) mass is 404 g/mol. The van der Waals surface area contributed by atoms with Gasteiger partial charge in [-0.05, 0) is 75.0 Å². The summed E-state index contributed by atoms with van der Waals surface area (Å²) in [6, 6.07) is 7.10. The van der Waals surface area contributed by atoms with Gasteiger partial charge in [-0.15, -0.1) is 0 Å². The Morgan fingerprint density at radius 1 is 1.14 bits per heavy atom. The summed E-state index contributed by atoms with van der Waals surface area (Å²) in [5.41, 5.74) is 0.928. The highest BCUT2D eigenvalue weighted by atomic mass is 32.2. The molecular weight excluding hydrogens is 372 g/mol. The number of sulfonamides is 1. The van der Waals surface area contributed by atoms with Crippen LogP contribution in [0.4, 0.5) is 0 Å². The molecule has 2 bridgehead atoms. The van der Waals surface area contributed by atoms with E-state index in [1.165, 1.54) is 32.1 Å². The topological polar surface area (TPSA) is 66.5 Å². The molecule has 1 aliphatic heterocycles. The maximum Gasteiger partial charge on any atom is 0.243 e. The molecule has 5 nitrogen and oxygen atoms in total. The van der Waals surface area contributed by atoms with Crippen molar-refractivity contribution < 1.29 is 13.2 Å². The standard InChI is InChI=1S/C22H32N2O3S/c1-16-5-2-9-20(13-16)28(26,27)24-12-4-8-19(24)15-22(25)23-21-11-10-17-6-3-7-18(21)14-17/h2,5,9,13,17-19,21H,3-4,6-8,10-12,14-15H2,1H3,(H,23,25)/t17?,18?,19-,21?/m1/s1. The van der Waals surface area contributed by atoms with Gasteiger partial charge in [-0.25, -0.2) is 8.42 Å². The Balaban J connectivity index is 1.40. The zero-order valence-corrected chi connectivity index (χ0v) is 17.6. The van der Waals surface area contributed by atoms with Crippen LogP contribution in [0.25, 0.3) is 0 Å². The van der Waals surface area contributed by atoms with Crippen molar-refractivity contribution in [1.82, 2.24) is 9.62 Å². The SMILES string of the molecule is Cc1cccc(S(=O)(=O)N2CCC[C@@H]2CC(=O)NC2CCC3CCCC2C3)c1. The highest BCUT2D eigenvalue weighted by molar-refractivity contribution is 7.89. The minimum atomic E-state index is -3.55. The van der Waals surface area contributed by atoms with E-state index in [2.05, 4.69) is 5.32 Å². The third-order valence-electron chi connectivity index (χ3n) is 6.96. The average Bonchev–Trinajstić information content (AvgIpc) is 3.13. The molecule has 3 aliphatic rings. The van der Waals surface area contributed by atoms with Gasteiger partial charge >= 0.3 is 0 Å². The van der Waals surface area contributed by atoms with Crippen molar-refractivity contribution in [2.75, 3.05) is 6.54 Å². The molecule has 1 heterocycles. The van der Waals surface area contributed by atoms with Crippen LogP contribution in [0, 0.1) is 18.8 Å². The Hall–Kier alpha value is -1.40. The molecule has 1 amide bonds. The van der Waals surface area contributed by atoms with Crippen molar-refractivity contribution in [1.29, 1.82) is 0 Å². The van der Waals surface area contributed by atoms with Crippen LogP contribution in [-0.4, -0.2) is 37.3 Å². The minimum absolute atomic E-state index is 0.0189. The van der Waals surface area contributed by atoms with Crippen molar-refractivity contribution in [3.63, 3.8) is 0 Å². The van der Waals surface area contributed by atoms with Crippen LogP contribution >= 0.6 is 0 Å². The molecule has 2 aliphatic carbocycles. The normalized spacial score (nSPS) is 30.9. The number of aryl methyl sites for hydroxylation is 1. The van der Waals surface area contributed by atoms with Crippen LogP contribution < -0.4 is 5.32 Å². The fraction of sp³-hybridized carbons (Fsp3) is 0.682. The molecule has 0 spiro atoms. The second-order valence-electron chi connectivity index (χ2n) is 8.98. The summed E-state index contributed by atoms with van der Waals surface area (Å²) in [7, 11) is -3.55. The molecule has 2 saturated carbocycles. The van der Waals surface area contributed by atoms with Gasteiger partial charge in [-0.2, -0.15) is 4.31 Å². The molecule has 3 fully saturated rings. The van der Waals surface area contributed by atoms with Crippen molar-refractivity contribution in [2.24, 2.45) is 11.8 Å². The molecule has 3 unspecified atom stereocenters. The zero-order valence-electron chi connectivity index (χ0n) is 16.8. The molecule has 0 radical (unpaired) electrons. The first-order valence-electron chi connectivity index (χ1n) is 10.8. The first-order chi connectivity index (χ1) is 13.4. The van der Waals surface area contributed by atoms with E-state index in [0.717, 1.165) is 30.7 Å². The molecule has 28 heavy (non-hydrogen) atoms. The van der Waals surface area contributed by atoms with Crippen LogP contribution in [0.1, 0.15) is 63.4 Å². The zero-order chi connectivity index (χ0) is 19.7. The van der Waals surface area contributed by atoms with E-state index in [9.17, 15) is 13.2 Å². The number of nitrogens with one attached hydrogen (secondary N) is 1. The highest BCUT2D eigenvalue weighted by Crippen LogP contribution is 2.40. The lowest BCUT2D eigenvalue weighted by molar-refractivity contribution is -0.123. The Morgan fingerprint density at radius 2 is 2.00 bits per heavy atom. The minimum Gasteiger partial charge on any atom is -0.353 e. The average molecular weight is 405 g/mol. The molecule has 6 heteroatoms. The third kappa shape index (κ3) is 4.13. The Bertz CT molecular complexity index is 823. The lowest BCUT2D eigenvalue weighted by Crippen LogP contribution is -2.47. The Morgan fingerprint density at radius 3 is 2.82 bits per heavy atom. The van der Waals surface area contributed by atoms with E-state index in [-0.39, 0.29) is 24.4 Å². The summed E-state index contributed by atoms with van der Waals surface area (Å²) >= 11 is 0. The van der Waals surface area contributed by atoms with E-state index in [1.54, 1.807) is 22.5 Å². The lowest BCUT2D eigenvalue weighted by atomic mass is 9.70. The fourth-order valence-corrected chi connectivity index (χ4v) is 7.32. The molecular formula is C22H32N2O3S. The van der Waals surface area contributed by atoms with Crippen LogP contribution in [0.3, 0.4) is 0 Å². The van der Waals surface area contributed by atoms with Gasteiger partial charge in [0.25, 0.3) is 0 Å².